The zero-order chi connectivity index (χ0) is 15.1. The maximum atomic E-state index is 9.06. The lowest BCUT2D eigenvalue weighted by atomic mass is 9.94. The highest BCUT2D eigenvalue weighted by Gasteiger charge is 2.25. The largest absolute Gasteiger partial charge is 0.409 e. The number of nitrogens with two attached hydrogens (primary N) is 1. The van der Waals surface area contributed by atoms with E-state index in [4.69, 9.17) is 15.7 Å². The van der Waals surface area contributed by atoms with Crippen molar-refractivity contribution in [3.8, 4) is 0 Å². The second-order valence-electron chi connectivity index (χ2n) is 5.71. The van der Waals surface area contributed by atoms with Crippen molar-refractivity contribution in [3.63, 3.8) is 0 Å². The van der Waals surface area contributed by atoms with E-state index in [0.717, 1.165) is 31.8 Å². The number of hydrogen-bond donors (Lipinski definition) is 2. The average molecular weight is 291 g/mol. The predicted molar refractivity (Wildman–Crippen MR) is 83.6 cm³/mol. The third-order valence-electron chi connectivity index (χ3n) is 4.12. The van der Waals surface area contributed by atoms with E-state index >= 15 is 0 Å². The van der Waals surface area contributed by atoms with Gasteiger partial charge in [-0.25, -0.2) is 0 Å². The zero-order valence-corrected chi connectivity index (χ0v) is 12.6. The molecule has 2 rings (SSSR count). The number of methoxy groups -OCH3 is 1. The SMILES string of the molecule is COCC1CCCN(CC(/C(N)=N/O)c2ccccc2)C1. The van der Waals surface area contributed by atoms with Gasteiger partial charge in [0.1, 0.15) is 5.84 Å². The smallest absolute Gasteiger partial charge is 0.147 e. The number of piperidine rings is 1. The average Bonchev–Trinajstić information content (AvgIpc) is 2.53. The minimum atomic E-state index is -0.0718. The Bertz CT molecular complexity index is 448. The molecule has 2 unspecified atom stereocenters. The summed E-state index contributed by atoms with van der Waals surface area (Å²) >= 11 is 0. The first kappa shape index (κ1) is 15.8. The molecule has 21 heavy (non-hydrogen) atoms. The molecule has 0 saturated carbocycles. The normalized spacial score (nSPS) is 22.1. The van der Waals surface area contributed by atoms with Crippen LogP contribution in [0.1, 0.15) is 24.3 Å². The van der Waals surface area contributed by atoms with E-state index in [1.807, 2.05) is 30.3 Å². The Kier molecular flexibility index (Phi) is 6.02. The van der Waals surface area contributed by atoms with Gasteiger partial charge in [0.25, 0.3) is 0 Å². The summed E-state index contributed by atoms with van der Waals surface area (Å²) in [6, 6.07) is 9.99. The fourth-order valence-electron chi connectivity index (χ4n) is 3.07. The molecule has 2 atom stereocenters. The van der Waals surface area contributed by atoms with Crippen LogP contribution in [-0.4, -0.2) is 49.3 Å². The van der Waals surface area contributed by atoms with Gasteiger partial charge in [-0.2, -0.15) is 0 Å². The minimum Gasteiger partial charge on any atom is -0.409 e. The molecule has 0 aromatic heterocycles. The van der Waals surface area contributed by atoms with E-state index in [1.54, 1.807) is 7.11 Å². The molecule has 3 N–H and O–H groups in total. The van der Waals surface area contributed by atoms with Crippen LogP contribution in [0.15, 0.2) is 35.5 Å². The Morgan fingerprint density at radius 2 is 2.24 bits per heavy atom. The van der Waals surface area contributed by atoms with E-state index in [-0.39, 0.29) is 11.8 Å². The van der Waals surface area contributed by atoms with Crippen LogP contribution in [0, 0.1) is 5.92 Å². The number of rotatable bonds is 6. The first-order chi connectivity index (χ1) is 10.2. The van der Waals surface area contributed by atoms with Crippen LogP contribution in [-0.2, 0) is 4.74 Å². The van der Waals surface area contributed by atoms with Crippen LogP contribution in [0.3, 0.4) is 0 Å². The summed E-state index contributed by atoms with van der Waals surface area (Å²) in [6.07, 6.45) is 2.38. The summed E-state index contributed by atoms with van der Waals surface area (Å²) < 4.78 is 5.27. The Balaban J connectivity index is 2.05. The molecule has 1 saturated heterocycles. The van der Waals surface area contributed by atoms with Crippen molar-refractivity contribution in [3.05, 3.63) is 35.9 Å². The van der Waals surface area contributed by atoms with E-state index in [9.17, 15) is 0 Å². The van der Waals surface area contributed by atoms with Crippen molar-refractivity contribution >= 4 is 5.84 Å². The molecule has 1 aliphatic heterocycles. The summed E-state index contributed by atoms with van der Waals surface area (Å²) in [5.74, 6) is 0.778. The van der Waals surface area contributed by atoms with Gasteiger partial charge in [0, 0.05) is 20.2 Å². The molecule has 1 fully saturated rings. The van der Waals surface area contributed by atoms with Crippen molar-refractivity contribution in [1.82, 2.24) is 4.90 Å². The number of hydrogen-bond acceptors (Lipinski definition) is 4. The summed E-state index contributed by atoms with van der Waals surface area (Å²) in [6.45, 7) is 3.65. The fourth-order valence-corrected chi connectivity index (χ4v) is 3.07. The van der Waals surface area contributed by atoms with Crippen LogP contribution >= 0.6 is 0 Å². The van der Waals surface area contributed by atoms with Crippen LogP contribution in [0.2, 0.25) is 0 Å². The predicted octanol–water partition coefficient (Wildman–Crippen LogP) is 1.87. The molecule has 0 radical (unpaired) electrons. The lowest BCUT2D eigenvalue weighted by Crippen LogP contribution is -2.42. The second kappa shape index (κ2) is 8.00. The summed E-state index contributed by atoms with van der Waals surface area (Å²) in [5, 5.41) is 12.3. The Labute approximate surface area is 126 Å². The number of amidine groups is 1. The van der Waals surface area contributed by atoms with Crippen molar-refractivity contribution in [1.29, 1.82) is 0 Å². The highest BCUT2D eigenvalue weighted by atomic mass is 16.5. The zero-order valence-electron chi connectivity index (χ0n) is 12.6. The standard InChI is InChI=1S/C16H25N3O2/c1-21-12-13-6-5-9-19(10-13)11-15(16(17)18-20)14-7-3-2-4-8-14/h2-4,7-8,13,15,20H,5-6,9-12H2,1H3,(H2,17,18). The van der Waals surface area contributed by atoms with E-state index in [2.05, 4.69) is 10.1 Å². The lowest BCUT2D eigenvalue weighted by molar-refractivity contribution is 0.0900. The molecular formula is C16H25N3O2. The van der Waals surface area contributed by atoms with Gasteiger partial charge in [0.05, 0.1) is 12.5 Å². The van der Waals surface area contributed by atoms with Gasteiger partial charge in [0.2, 0.25) is 0 Å². The summed E-state index contributed by atoms with van der Waals surface area (Å²) in [5.41, 5.74) is 6.99. The molecule has 0 bridgehead atoms. The van der Waals surface area contributed by atoms with E-state index in [0.29, 0.717) is 5.92 Å². The molecule has 1 aromatic carbocycles. The van der Waals surface area contributed by atoms with Gasteiger partial charge in [-0.3, -0.25) is 0 Å². The van der Waals surface area contributed by atoms with Gasteiger partial charge in [-0.05, 0) is 30.9 Å². The molecule has 5 heteroatoms. The van der Waals surface area contributed by atoms with E-state index < -0.39 is 0 Å². The van der Waals surface area contributed by atoms with Crippen LogP contribution in [0.25, 0.3) is 0 Å². The van der Waals surface area contributed by atoms with Crippen LogP contribution < -0.4 is 5.73 Å². The highest BCUT2D eigenvalue weighted by Crippen LogP contribution is 2.22. The lowest BCUT2D eigenvalue weighted by Gasteiger charge is -2.34. The summed E-state index contributed by atoms with van der Waals surface area (Å²) in [7, 11) is 1.75. The first-order valence-corrected chi connectivity index (χ1v) is 7.48. The molecule has 1 aliphatic rings. The first-order valence-electron chi connectivity index (χ1n) is 7.48. The second-order valence-corrected chi connectivity index (χ2v) is 5.71. The number of ether oxygens (including phenoxy) is 1. The fraction of sp³-hybridized carbons (Fsp3) is 0.562. The van der Waals surface area contributed by atoms with Crippen molar-refractivity contribution in [2.24, 2.45) is 16.8 Å². The summed E-state index contributed by atoms with van der Waals surface area (Å²) in [4.78, 5) is 2.39. The molecule has 1 heterocycles. The van der Waals surface area contributed by atoms with Crippen molar-refractivity contribution < 1.29 is 9.94 Å². The number of benzene rings is 1. The van der Waals surface area contributed by atoms with Crippen LogP contribution in [0.4, 0.5) is 0 Å². The van der Waals surface area contributed by atoms with Crippen molar-refractivity contribution in [2.45, 2.75) is 18.8 Å². The monoisotopic (exact) mass is 291 g/mol. The molecule has 0 amide bonds. The molecule has 5 nitrogen and oxygen atoms in total. The van der Waals surface area contributed by atoms with E-state index in [1.165, 1.54) is 12.8 Å². The number of oxime groups is 1. The highest BCUT2D eigenvalue weighted by molar-refractivity contribution is 5.87. The van der Waals surface area contributed by atoms with Gasteiger partial charge in [0.15, 0.2) is 0 Å². The molecule has 1 aromatic rings. The quantitative estimate of drug-likeness (QED) is 0.363. The van der Waals surface area contributed by atoms with Crippen molar-refractivity contribution in [2.75, 3.05) is 33.4 Å². The Morgan fingerprint density at radius 3 is 2.90 bits per heavy atom. The topological polar surface area (TPSA) is 71.1 Å². The van der Waals surface area contributed by atoms with Gasteiger partial charge in [-0.1, -0.05) is 35.5 Å². The molecule has 0 spiro atoms. The molecule has 116 valence electrons. The van der Waals surface area contributed by atoms with Gasteiger partial charge >= 0.3 is 0 Å². The number of nitrogens with zero attached hydrogens (tertiary/aromatic N) is 2. The number of likely N-dealkylation sites (tertiary alicyclic amines) is 1. The molecular weight excluding hydrogens is 266 g/mol. The third kappa shape index (κ3) is 4.44. The minimum absolute atomic E-state index is 0.0718. The third-order valence-corrected chi connectivity index (χ3v) is 4.12. The Morgan fingerprint density at radius 1 is 1.48 bits per heavy atom. The van der Waals surface area contributed by atoms with Gasteiger partial charge in [-0.15, -0.1) is 0 Å². The maximum Gasteiger partial charge on any atom is 0.147 e. The Hall–Kier alpha value is -1.59. The van der Waals surface area contributed by atoms with Crippen LogP contribution in [0.5, 0.6) is 0 Å². The maximum absolute atomic E-state index is 9.06. The molecule has 0 aliphatic carbocycles. The van der Waals surface area contributed by atoms with Gasteiger partial charge < -0.3 is 20.6 Å².